The molecule has 0 fully saturated rings. The van der Waals surface area contributed by atoms with Crippen LogP contribution in [0, 0.1) is 0 Å². The summed E-state index contributed by atoms with van der Waals surface area (Å²) in [6.07, 6.45) is -0.250. The first-order valence-electron chi connectivity index (χ1n) is 10.6. The van der Waals surface area contributed by atoms with Gasteiger partial charge in [-0.3, -0.25) is 0 Å². The Kier molecular flexibility index (Phi) is 7.17. The second kappa shape index (κ2) is 9.83. The van der Waals surface area contributed by atoms with E-state index in [2.05, 4.69) is 35.0 Å². The van der Waals surface area contributed by atoms with E-state index in [9.17, 15) is 9.59 Å². The lowest BCUT2D eigenvalue weighted by atomic mass is 9.98. The standard InChI is InChI=1S/C24H31N3O4/c1-24(2,3)31-22(28)25-14-9-15-26-27(4)23(29)30-16-21-19-12-7-5-10-17(19)18-11-6-8-13-20(18)21/h5-8,10-13,21,26H,9,14-16H2,1-4H3,(H,25,28). The Morgan fingerprint density at radius 3 is 2.13 bits per heavy atom. The summed E-state index contributed by atoms with van der Waals surface area (Å²) < 4.78 is 10.8. The molecule has 0 saturated heterocycles. The fourth-order valence-corrected chi connectivity index (χ4v) is 3.60. The van der Waals surface area contributed by atoms with Gasteiger partial charge < -0.3 is 14.8 Å². The molecular weight excluding hydrogens is 394 g/mol. The second-order valence-corrected chi connectivity index (χ2v) is 8.55. The van der Waals surface area contributed by atoms with Crippen molar-refractivity contribution in [3.63, 3.8) is 0 Å². The molecule has 2 amide bonds. The number of fused-ring (bicyclic) bond motifs is 3. The fraction of sp³-hybridized carbons (Fsp3) is 0.417. The van der Waals surface area contributed by atoms with E-state index < -0.39 is 17.8 Å². The molecule has 3 rings (SSSR count). The van der Waals surface area contributed by atoms with E-state index in [0.29, 0.717) is 19.5 Å². The summed E-state index contributed by atoms with van der Waals surface area (Å²) in [6, 6.07) is 16.5. The number of nitrogens with one attached hydrogen (secondary N) is 2. The minimum atomic E-state index is -0.521. The van der Waals surface area contributed by atoms with E-state index in [4.69, 9.17) is 9.47 Å². The van der Waals surface area contributed by atoms with Gasteiger partial charge in [0.2, 0.25) is 0 Å². The van der Waals surface area contributed by atoms with Crippen LogP contribution in [0.3, 0.4) is 0 Å². The number of amides is 2. The van der Waals surface area contributed by atoms with Crippen molar-refractivity contribution >= 4 is 12.2 Å². The molecule has 0 atom stereocenters. The summed E-state index contributed by atoms with van der Waals surface area (Å²) in [4.78, 5) is 24.0. The topological polar surface area (TPSA) is 79.9 Å². The van der Waals surface area contributed by atoms with Crippen LogP contribution in [0.1, 0.15) is 44.2 Å². The average Bonchev–Trinajstić information content (AvgIpc) is 3.04. The van der Waals surface area contributed by atoms with Gasteiger partial charge in [0.25, 0.3) is 0 Å². The van der Waals surface area contributed by atoms with Crippen LogP contribution in [0.15, 0.2) is 48.5 Å². The number of ether oxygens (including phenoxy) is 2. The predicted molar refractivity (Wildman–Crippen MR) is 120 cm³/mol. The molecule has 7 heteroatoms. The van der Waals surface area contributed by atoms with Crippen molar-refractivity contribution in [1.82, 2.24) is 15.8 Å². The number of carbonyl (C=O) groups is 2. The first-order chi connectivity index (χ1) is 14.8. The molecule has 2 N–H and O–H groups in total. The number of nitrogens with zero attached hydrogens (tertiary/aromatic N) is 1. The Hall–Kier alpha value is -3.06. The average molecular weight is 426 g/mol. The normalized spacial score (nSPS) is 12.6. The first kappa shape index (κ1) is 22.6. The van der Waals surface area contributed by atoms with Crippen molar-refractivity contribution in [3.8, 4) is 11.1 Å². The Morgan fingerprint density at radius 1 is 0.968 bits per heavy atom. The third-order valence-electron chi connectivity index (χ3n) is 4.98. The zero-order valence-electron chi connectivity index (χ0n) is 18.6. The number of alkyl carbamates (subject to hydrolysis) is 1. The fourth-order valence-electron chi connectivity index (χ4n) is 3.60. The van der Waals surface area contributed by atoms with Crippen LogP contribution in [0.5, 0.6) is 0 Å². The molecule has 0 radical (unpaired) electrons. The van der Waals surface area contributed by atoms with Gasteiger partial charge in [-0.1, -0.05) is 48.5 Å². The van der Waals surface area contributed by atoms with Gasteiger partial charge in [-0.05, 0) is 49.4 Å². The number of rotatable bonds is 7. The third kappa shape index (κ3) is 5.98. The number of carbonyl (C=O) groups excluding carboxylic acids is 2. The number of hydrogen-bond donors (Lipinski definition) is 2. The molecule has 0 heterocycles. The van der Waals surface area contributed by atoms with Crippen molar-refractivity contribution in [2.75, 3.05) is 26.7 Å². The van der Waals surface area contributed by atoms with Gasteiger partial charge in [-0.2, -0.15) is 0 Å². The van der Waals surface area contributed by atoms with Crippen molar-refractivity contribution < 1.29 is 19.1 Å². The first-order valence-corrected chi connectivity index (χ1v) is 10.6. The predicted octanol–water partition coefficient (Wildman–Crippen LogP) is 4.29. The van der Waals surface area contributed by atoms with Crippen LogP contribution >= 0.6 is 0 Å². The Balaban J connectivity index is 1.42. The summed E-state index contributed by atoms with van der Waals surface area (Å²) in [5.74, 6) is 0.0304. The van der Waals surface area contributed by atoms with Gasteiger partial charge in [-0.15, -0.1) is 0 Å². The summed E-state index contributed by atoms with van der Waals surface area (Å²) >= 11 is 0. The number of hydrogen-bond acceptors (Lipinski definition) is 5. The van der Waals surface area contributed by atoms with E-state index in [1.165, 1.54) is 27.3 Å². The molecule has 0 aliphatic heterocycles. The van der Waals surface area contributed by atoms with Crippen molar-refractivity contribution in [2.45, 2.75) is 38.7 Å². The lowest BCUT2D eigenvalue weighted by Gasteiger charge is -2.21. The highest BCUT2D eigenvalue weighted by atomic mass is 16.6. The van der Waals surface area contributed by atoms with Gasteiger partial charge in [-0.25, -0.2) is 20.0 Å². The van der Waals surface area contributed by atoms with E-state index in [1.54, 1.807) is 7.05 Å². The van der Waals surface area contributed by atoms with Crippen LogP contribution in [0.25, 0.3) is 11.1 Å². The maximum absolute atomic E-state index is 12.4. The highest BCUT2D eigenvalue weighted by Gasteiger charge is 2.29. The summed E-state index contributed by atoms with van der Waals surface area (Å²) in [6.45, 7) is 6.68. The largest absolute Gasteiger partial charge is 0.447 e. The monoisotopic (exact) mass is 425 g/mol. The molecular formula is C24H31N3O4. The molecule has 2 aromatic rings. The summed E-state index contributed by atoms with van der Waals surface area (Å²) in [5, 5.41) is 4.02. The lowest BCUT2D eigenvalue weighted by molar-refractivity contribution is 0.0525. The quantitative estimate of drug-likeness (QED) is 0.511. The molecule has 7 nitrogen and oxygen atoms in total. The van der Waals surface area contributed by atoms with Gasteiger partial charge >= 0.3 is 12.2 Å². The number of benzene rings is 2. The molecule has 0 spiro atoms. The highest BCUT2D eigenvalue weighted by molar-refractivity contribution is 5.79. The van der Waals surface area contributed by atoms with Crippen LogP contribution in [0.4, 0.5) is 9.59 Å². The molecule has 1 aliphatic rings. The zero-order valence-corrected chi connectivity index (χ0v) is 18.6. The van der Waals surface area contributed by atoms with Gasteiger partial charge in [0.15, 0.2) is 0 Å². The van der Waals surface area contributed by atoms with Crippen LogP contribution < -0.4 is 10.7 Å². The van der Waals surface area contributed by atoms with Gasteiger partial charge in [0.1, 0.15) is 12.2 Å². The molecule has 0 aromatic heterocycles. The molecule has 0 unspecified atom stereocenters. The molecule has 166 valence electrons. The van der Waals surface area contributed by atoms with Crippen molar-refractivity contribution in [3.05, 3.63) is 59.7 Å². The van der Waals surface area contributed by atoms with E-state index in [1.807, 2.05) is 45.0 Å². The van der Waals surface area contributed by atoms with Gasteiger partial charge in [0, 0.05) is 26.1 Å². The SMILES string of the molecule is CN(NCCCNC(=O)OC(C)(C)C)C(=O)OCC1c2ccccc2-c2ccccc21. The lowest BCUT2D eigenvalue weighted by Crippen LogP contribution is -2.42. The minimum absolute atomic E-state index is 0.0304. The second-order valence-electron chi connectivity index (χ2n) is 8.55. The maximum atomic E-state index is 12.4. The van der Waals surface area contributed by atoms with Crippen molar-refractivity contribution in [2.24, 2.45) is 0 Å². The molecule has 2 aromatic carbocycles. The van der Waals surface area contributed by atoms with Crippen LogP contribution in [-0.2, 0) is 9.47 Å². The number of hydrazine groups is 1. The molecule has 1 aliphatic carbocycles. The van der Waals surface area contributed by atoms with Crippen molar-refractivity contribution in [1.29, 1.82) is 0 Å². The van der Waals surface area contributed by atoms with Crippen LogP contribution in [0.2, 0.25) is 0 Å². The van der Waals surface area contributed by atoms with E-state index in [-0.39, 0.29) is 12.5 Å². The van der Waals surface area contributed by atoms with E-state index >= 15 is 0 Å². The van der Waals surface area contributed by atoms with Crippen LogP contribution in [-0.4, -0.2) is 49.5 Å². The smallest absolute Gasteiger partial charge is 0.424 e. The van der Waals surface area contributed by atoms with Gasteiger partial charge in [0.05, 0.1) is 0 Å². The molecule has 0 bridgehead atoms. The Bertz CT molecular complexity index is 878. The Morgan fingerprint density at radius 2 is 1.55 bits per heavy atom. The summed E-state index contributed by atoms with van der Waals surface area (Å²) in [7, 11) is 1.63. The molecule has 31 heavy (non-hydrogen) atoms. The maximum Gasteiger partial charge on any atom is 0.424 e. The minimum Gasteiger partial charge on any atom is -0.447 e. The molecule has 0 saturated carbocycles. The van der Waals surface area contributed by atoms with E-state index in [0.717, 1.165) is 0 Å². The third-order valence-corrected chi connectivity index (χ3v) is 4.98. The highest BCUT2D eigenvalue weighted by Crippen LogP contribution is 2.44. The summed E-state index contributed by atoms with van der Waals surface area (Å²) in [5.41, 5.74) is 7.22. The zero-order chi connectivity index (χ0) is 22.4. The Labute approximate surface area is 183 Å².